The fourth-order valence-corrected chi connectivity index (χ4v) is 3.66. The number of hydrogen-bond donors (Lipinski definition) is 0. The van der Waals surface area contributed by atoms with E-state index in [0.717, 1.165) is 24.0 Å². The quantitative estimate of drug-likeness (QED) is 0.825. The molecule has 2 aromatic carbocycles. The Morgan fingerprint density at radius 3 is 2.44 bits per heavy atom. The Morgan fingerprint density at radius 1 is 1.12 bits per heavy atom. The molecule has 2 aliphatic rings. The highest BCUT2D eigenvalue weighted by atomic mass is 35.5. The van der Waals surface area contributed by atoms with E-state index in [1.165, 1.54) is 12.1 Å². The van der Waals surface area contributed by atoms with Gasteiger partial charge in [-0.1, -0.05) is 35.9 Å². The molecule has 1 unspecified atom stereocenters. The Hall–Kier alpha value is -1.91. The van der Waals surface area contributed by atoms with Gasteiger partial charge in [0.25, 0.3) is 0 Å². The Kier molecular flexibility index (Phi) is 4.26. The van der Waals surface area contributed by atoms with Crippen LogP contribution in [0.15, 0.2) is 48.5 Å². The number of carbonyl (C=O) groups excluding carboxylic acids is 1. The van der Waals surface area contributed by atoms with Crippen LogP contribution in [0.1, 0.15) is 30.1 Å². The Balaban J connectivity index is 1.52. The van der Waals surface area contributed by atoms with Crippen LogP contribution in [-0.4, -0.2) is 30.5 Å². The molecule has 1 aliphatic carbocycles. The first-order valence-electron chi connectivity index (χ1n) is 8.51. The van der Waals surface area contributed by atoms with E-state index in [9.17, 15) is 9.18 Å². The third-order valence-corrected chi connectivity index (χ3v) is 5.40. The van der Waals surface area contributed by atoms with Crippen LogP contribution in [0.3, 0.4) is 0 Å². The predicted octanol–water partition coefficient (Wildman–Crippen LogP) is 4.11. The highest BCUT2D eigenvalue weighted by Crippen LogP contribution is 2.50. The third kappa shape index (κ3) is 3.16. The minimum atomic E-state index is -0.407. The van der Waals surface area contributed by atoms with Crippen molar-refractivity contribution in [3.05, 3.63) is 70.5 Å². The van der Waals surface area contributed by atoms with E-state index < -0.39 is 5.41 Å². The molecule has 1 amide bonds. The SMILES string of the molecule is O=C(N1CCOC(c2ccc(F)cc2)C1)C1(c2ccc(Cl)cc2)CC1. The summed E-state index contributed by atoms with van der Waals surface area (Å²) in [6, 6.07) is 13.9. The minimum Gasteiger partial charge on any atom is -0.370 e. The van der Waals surface area contributed by atoms with Crippen molar-refractivity contribution in [2.75, 3.05) is 19.7 Å². The van der Waals surface area contributed by atoms with Crippen molar-refractivity contribution >= 4 is 17.5 Å². The number of halogens is 2. The molecule has 0 bridgehead atoms. The first-order chi connectivity index (χ1) is 12.1. The molecule has 5 heteroatoms. The fourth-order valence-electron chi connectivity index (χ4n) is 3.54. The summed E-state index contributed by atoms with van der Waals surface area (Å²) in [5.74, 6) is -0.114. The Morgan fingerprint density at radius 2 is 1.80 bits per heavy atom. The van der Waals surface area contributed by atoms with Crippen molar-refractivity contribution in [1.82, 2.24) is 4.90 Å². The molecule has 0 radical (unpaired) electrons. The second-order valence-electron chi connectivity index (χ2n) is 6.75. The smallest absolute Gasteiger partial charge is 0.233 e. The van der Waals surface area contributed by atoms with Crippen LogP contribution in [0.5, 0.6) is 0 Å². The molecule has 1 atom stereocenters. The number of rotatable bonds is 3. The van der Waals surface area contributed by atoms with E-state index in [4.69, 9.17) is 16.3 Å². The van der Waals surface area contributed by atoms with Crippen molar-refractivity contribution in [2.24, 2.45) is 0 Å². The normalized spacial score (nSPS) is 21.8. The molecule has 1 saturated carbocycles. The summed E-state index contributed by atoms with van der Waals surface area (Å²) in [5, 5.41) is 0.676. The summed E-state index contributed by atoms with van der Waals surface area (Å²) in [5.41, 5.74) is 1.52. The van der Waals surface area contributed by atoms with Gasteiger partial charge in [-0.25, -0.2) is 4.39 Å². The number of carbonyl (C=O) groups is 1. The zero-order valence-corrected chi connectivity index (χ0v) is 14.5. The highest BCUT2D eigenvalue weighted by Gasteiger charge is 2.53. The standard InChI is InChI=1S/C20H19ClFNO2/c21-16-5-3-15(4-6-16)20(9-10-20)19(24)23-11-12-25-18(13-23)14-1-7-17(22)8-2-14/h1-8,18H,9-13H2. The lowest BCUT2D eigenvalue weighted by Gasteiger charge is -2.35. The molecule has 130 valence electrons. The fraction of sp³-hybridized carbons (Fsp3) is 0.350. The minimum absolute atomic E-state index is 0.158. The molecule has 0 spiro atoms. The van der Waals surface area contributed by atoms with Crippen LogP contribution in [0, 0.1) is 5.82 Å². The molecule has 3 nitrogen and oxygen atoms in total. The Labute approximate surface area is 151 Å². The molecule has 1 saturated heterocycles. The molecule has 1 heterocycles. The maximum absolute atomic E-state index is 13.2. The molecule has 0 N–H and O–H groups in total. The molecular weight excluding hydrogens is 341 g/mol. The second kappa shape index (κ2) is 6.43. The van der Waals surface area contributed by atoms with Crippen LogP contribution in [0.25, 0.3) is 0 Å². The van der Waals surface area contributed by atoms with E-state index in [1.807, 2.05) is 29.2 Å². The number of hydrogen-bond acceptors (Lipinski definition) is 2. The number of amides is 1. The van der Waals surface area contributed by atoms with Gasteiger partial charge in [0.2, 0.25) is 5.91 Å². The summed E-state index contributed by atoms with van der Waals surface area (Å²) in [6.07, 6.45) is 1.53. The number of ether oxygens (including phenoxy) is 1. The molecule has 1 aliphatic heterocycles. The largest absolute Gasteiger partial charge is 0.370 e. The predicted molar refractivity (Wildman–Crippen MR) is 94.0 cm³/mol. The molecule has 2 fully saturated rings. The van der Waals surface area contributed by atoms with Gasteiger partial charge in [-0.15, -0.1) is 0 Å². The van der Waals surface area contributed by atoms with Gasteiger partial charge in [0.1, 0.15) is 11.9 Å². The third-order valence-electron chi connectivity index (χ3n) is 5.15. The summed E-state index contributed by atoms with van der Waals surface area (Å²) < 4.78 is 18.9. The lowest BCUT2D eigenvalue weighted by atomic mass is 9.93. The molecule has 25 heavy (non-hydrogen) atoms. The monoisotopic (exact) mass is 359 g/mol. The molecule has 2 aromatic rings. The van der Waals surface area contributed by atoms with Gasteiger partial charge in [0.15, 0.2) is 0 Å². The van der Waals surface area contributed by atoms with Crippen LogP contribution in [-0.2, 0) is 14.9 Å². The van der Waals surface area contributed by atoms with Gasteiger partial charge in [-0.05, 0) is 48.2 Å². The van der Waals surface area contributed by atoms with Crippen LogP contribution >= 0.6 is 11.6 Å². The number of benzene rings is 2. The maximum Gasteiger partial charge on any atom is 0.233 e. The molecule has 4 rings (SSSR count). The van der Waals surface area contributed by atoms with E-state index >= 15 is 0 Å². The number of morpholine rings is 1. The van der Waals surface area contributed by atoms with E-state index in [0.29, 0.717) is 24.7 Å². The van der Waals surface area contributed by atoms with Gasteiger partial charge in [-0.2, -0.15) is 0 Å². The van der Waals surface area contributed by atoms with Crippen LogP contribution < -0.4 is 0 Å². The van der Waals surface area contributed by atoms with Gasteiger partial charge in [-0.3, -0.25) is 4.79 Å². The first kappa shape index (κ1) is 16.6. The van der Waals surface area contributed by atoms with Gasteiger partial charge in [0, 0.05) is 11.6 Å². The van der Waals surface area contributed by atoms with Gasteiger partial charge < -0.3 is 9.64 Å². The zero-order chi connectivity index (χ0) is 17.4. The van der Waals surface area contributed by atoms with Crippen molar-refractivity contribution in [3.8, 4) is 0 Å². The summed E-state index contributed by atoms with van der Waals surface area (Å²) >= 11 is 5.97. The number of nitrogens with zero attached hydrogens (tertiary/aromatic N) is 1. The molecular formula is C20H19ClFNO2. The van der Waals surface area contributed by atoms with Crippen molar-refractivity contribution in [1.29, 1.82) is 0 Å². The molecule has 0 aromatic heterocycles. The zero-order valence-electron chi connectivity index (χ0n) is 13.8. The van der Waals surface area contributed by atoms with Crippen molar-refractivity contribution in [2.45, 2.75) is 24.4 Å². The highest BCUT2D eigenvalue weighted by molar-refractivity contribution is 6.30. The lowest BCUT2D eigenvalue weighted by Crippen LogP contribution is -2.46. The topological polar surface area (TPSA) is 29.5 Å². The van der Waals surface area contributed by atoms with E-state index in [-0.39, 0.29) is 17.8 Å². The Bertz CT molecular complexity index is 771. The van der Waals surface area contributed by atoms with E-state index in [1.54, 1.807) is 12.1 Å². The van der Waals surface area contributed by atoms with Crippen molar-refractivity contribution in [3.63, 3.8) is 0 Å². The lowest BCUT2D eigenvalue weighted by molar-refractivity contribution is -0.141. The van der Waals surface area contributed by atoms with Gasteiger partial charge in [0.05, 0.1) is 18.6 Å². The van der Waals surface area contributed by atoms with Crippen molar-refractivity contribution < 1.29 is 13.9 Å². The van der Waals surface area contributed by atoms with Crippen LogP contribution in [0.4, 0.5) is 4.39 Å². The average Bonchev–Trinajstić information content (AvgIpc) is 3.44. The maximum atomic E-state index is 13.2. The first-order valence-corrected chi connectivity index (χ1v) is 8.89. The van der Waals surface area contributed by atoms with E-state index in [2.05, 4.69) is 0 Å². The van der Waals surface area contributed by atoms with Crippen LogP contribution in [0.2, 0.25) is 5.02 Å². The summed E-state index contributed by atoms with van der Waals surface area (Å²) in [6.45, 7) is 1.58. The second-order valence-corrected chi connectivity index (χ2v) is 7.19. The van der Waals surface area contributed by atoms with Gasteiger partial charge >= 0.3 is 0 Å². The average molecular weight is 360 g/mol. The summed E-state index contributed by atoms with van der Waals surface area (Å²) in [7, 11) is 0. The summed E-state index contributed by atoms with van der Waals surface area (Å²) in [4.78, 5) is 15.1.